The minimum Gasteiger partial charge on any atom is -0.332 e. The molecule has 1 heterocycles. The molecule has 7 heteroatoms. The van der Waals surface area contributed by atoms with Crippen LogP contribution in [0.5, 0.6) is 0 Å². The molecular formula is C14H20N4O2S. The normalized spacial score (nSPS) is 11.5. The van der Waals surface area contributed by atoms with Gasteiger partial charge in [-0.05, 0) is 24.2 Å². The number of hydrogen-bond acceptors (Lipinski definition) is 4. The van der Waals surface area contributed by atoms with E-state index in [0.29, 0.717) is 24.5 Å². The third-order valence-electron chi connectivity index (χ3n) is 2.99. The first-order chi connectivity index (χ1) is 10.0. The number of aryl methyl sites for hydroxylation is 1. The number of rotatable bonds is 7. The zero-order valence-electron chi connectivity index (χ0n) is 12.2. The van der Waals surface area contributed by atoms with Crippen LogP contribution in [0.4, 0.5) is 5.69 Å². The molecule has 3 N–H and O–H groups in total. The summed E-state index contributed by atoms with van der Waals surface area (Å²) in [6.07, 6.45) is 2.00. The highest BCUT2D eigenvalue weighted by atomic mass is 32.2. The highest BCUT2D eigenvalue weighted by Crippen LogP contribution is 2.16. The van der Waals surface area contributed by atoms with Crippen molar-refractivity contribution in [2.45, 2.75) is 31.8 Å². The van der Waals surface area contributed by atoms with Crippen molar-refractivity contribution < 1.29 is 8.42 Å². The van der Waals surface area contributed by atoms with Crippen molar-refractivity contribution in [2.75, 3.05) is 11.3 Å². The maximum Gasteiger partial charge on any atom is 0.278 e. The van der Waals surface area contributed by atoms with Crippen LogP contribution in [-0.4, -0.2) is 24.9 Å². The van der Waals surface area contributed by atoms with E-state index in [2.05, 4.69) is 20.0 Å². The van der Waals surface area contributed by atoms with Gasteiger partial charge in [0.25, 0.3) is 10.0 Å². The minimum absolute atomic E-state index is 0.0800. The van der Waals surface area contributed by atoms with E-state index in [9.17, 15) is 8.42 Å². The zero-order chi connectivity index (χ0) is 15.3. The quantitative estimate of drug-likeness (QED) is 0.729. The molecule has 0 saturated heterocycles. The molecule has 2 rings (SSSR count). The van der Waals surface area contributed by atoms with Crippen LogP contribution >= 0.6 is 0 Å². The fraction of sp³-hybridized carbons (Fsp3) is 0.357. The Morgan fingerprint density at radius 1 is 1.29 bits per heavy atom. The van der Waals surface area contributed by atoms with E-state index < -0.39 is 10.0 Å². The summed E-state index contributed by atoms with van der Waals surface area (Å²) in [5.74, 6) is 0.649. The summed E-state index contributed by atoms with van der Waals surface area (Å²) < 4.78 is 27.1. The van der Waals surface area contributed by atoms with Crippen molar-refractivity contribution in [3.63, 3.8) is 0 Å². The smallest absolute Gasteiger partial charge is 0.278 e. The number of aromatic nitrogens is 2. The number of H-pyrrole nitrogens is 1. The van der Waals surface area contributed by atoms with Crippen molar-refractivity contribution in [3.05, 3.63) is 41.9 Å². The standard InChI is InChI=1S/C14H20N4O2S/c1-3-13-16-10-14(17-13)21(19,20)18-12-7-5-6-11(8-12)9-15-4-2/h5-8,10,15,18H,3-4,9H2,1-2H3,(H,16,17). The van der Waals surface area contributed by atoms with Gasteiger partial charge in [0.1, 0.15) is 5.82 Å². The van der Waals surface area contributed by atoms with Crippen LogP contribution in [0.25, 0.3) is 0 Å². The Balaban J connectivity index is 2.16. The molecule has 0 saturated carbocycles. The van der Waals surface area contributed by atoms with Gasteiger partial charge in [-0.25, -0.2) is 4.98 Å². The lowest BCUT2D eigenvalue weighted by Gasteiger charge is -2.08. The molecule has 0 bridgehead atoms. The van der Waals surface area contributed by atoms with Crippen molar-refractivity contribution in [1.82, 2.24) is 15.3 Å². The highest BCUT2D eigenvalue weighted by molar-refractivity contribution is 7.92. The number of imidazole rings is 1. The number of aromatic amines is 1. The zero-order valence-corrected chi connectivity index (χ0v) is 13.0. The lowest BCUT2D eigenvalue weighted by atomic mass is 10.2. The fourth-order valence-corrected chi connectivity index (χ4v) is 2.87. The van der Waals surface area contributed by atoms with Crippen molar-refractivity contribution in [2.24, 2.45) is 0 Å². The van der Waals surface area contributed by atoms with Gasteiger partial charge in [-0.1, -0.05) is 26.0 Å². The van der Waals surface area contributed by atoms with Gasteiger partial charge in [0, 0.05) is 18.7 Å². The topological polar surface area (TPSA) is 86.9 Å². The van der Waals surface area contributed by atoms with Gasteiger partial charge < -0.3 is 10.3 Å². The number of hydrogen-bond donors (Lipinski definition) is 3. The van der Waals surface area contributed by atoms with Crippen LogP contribution in [-0.2, 0) is 23.0 Å². The van der Waals surface area contributed by atoms with Crippen LogP contribution in [0.1, 0.15) is 25.2 Å². The number of anilines is 1. The van der Waals surface area contributed by atoms with E-state index in [1.807, 2.05) is 32.0 Å². The summed E-state index contributed by atoms with van der Waals surface area (Å²) in [6.45, 7) is 5.50. The second kappa shape index (κ2) is 6.73. The first kappa shape index (κ1) is 15.5. The van der Waals surface area contributed by atoms with Crippen molar-refractivity contribution in [1.29, 1.82) is 0 Å². The average molecular weight is 308 g/mol. The molecule has 21 heavy (non-hydrogen) atoms. The Kier molecular flexibility index (Phi) is 4.98. The van der Waals surface area contributed by atoms with Crippen LogP contribution in [0, 0.1) is 0 Å². The molecule has 0 aliphatic carbocycles. The molecule has 0 atom stereocenters. The molecule has 0 unspecified atom stereocenters. The molecule has 1 aromatic carbocycles. The maximum atomic E-state index is 12.3. The predicted octanol–water partition coefficient (Wildman–Crippen LogP) is 1.88. The molecule has 0 aliphatic rings. The fourth-order valence-electron chi connectivity index (χ4n) is 1.88. The lowest BCUT2D eigenvalue weighted by Crippen LogP contribution is -2.15. The van der Waals surface area contributed by atoms with Gasteiger partial charge in [-0.2, -0.15) is 8.42 Å². The molecule has 0 aliphatic heterocycles. The van der Waals surface area contributed by atoms with E-state index in [1.54, 1.807) is 6.07 Å². The molecule has 0 radical (unpaired) electrons. The van der Waals surface area contributed by atoms with Gasteiger partial charge in [-0.3, -0.25) is 4.72 Å². The Bertz CT molecular complexity index is 695. The molecular weight excluding hydrogens is 288 g/mol. The number of sulfonamides is 1. The summed E-state index contributed by atoms with van der Waals surface area (Å²) >= 11 is 0. The van der Waals surface area contributed by atoms with Crippen LogP contribution in [0.2, 0.25) is 0 Å². The number of nitrogens with one attached hydrogen (secondary N) is 3. The Labute approximate surface area is 125 Å². The van der Waals surface area contributed by atoms with Crippen molar-refractivity contribution >= 4 is 15.7 Å². The first-order valence-corrected chi connectivity index (χ1v) is 8.40. The van der Waals surface area contributed by atoms with E-state index >= 15 is 0 Å². The lowest BCUT2D eigenvalue weighted by molar-refractivity contribution is 0.598. The van der Waals surface area contributed by atoms with Gasteiger partial charge in [-0.15, -0.1) is 0 Å². The van der Waals surface area contributed by atoms with Crippen LogP contribution < -0.4 is 10.0 Å². The van der Waals surface area contributed by atoms with E-state index in [1.165, 1.54) is 6.20 Å². The molecule has 0 amide bonds. The minimum atomic E-state index is -3.63. The van der Waals surface area contributed by atoms with Gasteiger partial charge in [0.2, 0.25) is 0 Å². The largest absolute Gasteiger partial charge is 0.332 e. The van der Waals surface area contributed by atoms with E-state index in [0.717, 1.165) is 12.1 Å². The maximum absolute atomic E-state index is 12.3. The second-order valence-corrected chi connectivity index (χ2v) is 6.28. The third kappa shape index (κ3) is 4.05. The first-order valence-electron chi connectivity index (χ1n) is 6.91. The molecule has 114 valence electrons. The third-order valence-corrected chi connectivity index (χ3v) is 4.28. The molecule has 6 nitrogen and oxygen atoms in total. The Morgan fingerprint density at radius 3 is 2.76 bits per heavy atom. The summed E-state index contributed by atoms with van der Waals surface area (Å²) in [5, 5.41) is 3.28. The second-order valence-electron chi connectivity index (χ2n) is 4.63. The summed E-state index contributed by atoms with van der Waals surface area (Å²) in [7, 11) is -3.63. The van der Waals surface area contributed by atoms with E-state index in [-0.39, 0.29) is 5.03 Å². The Hall–Kier alpha value is -1.86. The van der Waals surface area contributed by atoms with Crippen LogP contribution in [0.15, 0.2) is 35.5 Å². The summed E-state index contributed by atoms with van der Waals surface area (Å²) in [6, 6.07) is 7.32. The average Bonchev–Trinajstić information content (AvgIpc) is 2.95. The SMILES string of the molecule is CCNCc1cccc(NS(=O)(=O)c2cnc(CC)[nH]2)c1. The number of nitrogens with zero attached hydrogens (tertiary/aromatic N) is 1. The molecule has 0 spiro atoms. The van der Waals surface area contributed by atoms with E-state index in [4.69, 9.17) is 0 Å². The van der Waals surface area contributed by atoms with Gasteiger partial charge in [0.15, 0.2) is 5.03 Å². The molecule has 2 aromatic rings. The molecule has 0 fully saturated rings. The Morgan fingerprint density at radius 2 is 2.10 bits per heavy atom. The predicted molar refractivity (Wildman–Crippen MR) is 82.6 cm³/mol. The van der Waals surface area contributed by atoms with Crippen LogP contribution in [0.3, 0.4) is 0 Å². The van der Waals surface area contributed by atoms with Crippen molar-refractivity contribution in [3.8, 4) is 0 Å². The van der Waals surface area contributed by atoms with Gasteiger partial charge in [0.05, 0.1) is 6.20 Å². The highest BCUT2D eigenvalue weighted by Gasteiger charge is 2.17. The molecule has 1 aromatic heterocycles. The summed E-state index contributed by atoms with van der Waals surface area (Å²) in [4.78, 5) is 6.81. The monoisotopic (exact) mass is 308 g/mol. The summed E-state index contributed by atoms with van der Waals surface area (Å²) in [5.41, 5.74) is 1.56. The number of benzene rings is 1. The van der Waals surface area contributed by atoms with Gasteiger partial charge >= 0.3 is 0 Å².